The van der Waals surface area contributed by atoms with Gasteiger partial charge in [0, 0.05) is 7.11 Å². The van der Waals surface area contributed by atoms with Crippen molar-refractivity contribution in [3.05, 3.63) is 59.7 Å². The van der Waals surface area contributed by atoms with Crippen LogP contribution in [0.5, 0.6) is 11.5 Å². The number of nitrogens with one attached hydrogen (secondary N) is 1. The Morgan fingerprint density at radius 1 is 1.00 bits per heavy atom. The van der Waals surface area contributed by atoms with Crippen molar-refractivity contribution in [2.24, 2.45) is 0 Å². The summed E-state index contributed by atoms with van der Waals surface area (Å²) in [7, 11) is 4.72. The molecule has 0 radical (unpaired) electrons. The SMILES string of the molecule is CC[C@](CNC(=O)c1cccc(OC)c1OC)(OC)c1ccccc1. The molecule has 0 saturated heterocycles. The Labute approximate surface area is 148 Å². The first-order valence-corrected chi connectivity index (χ1v) is 8.21. The molecule has 0 aliphatic heterocycles. The molecule has 5 heteroatoms. The van der Waals surface area contributed by atoms with E-state index in [-0.39, 0.29) is 5.91 Å². The minimum atomic E-state index is -0.580. The summed E-state index contributed by atoms with van der Waals surface area (Å²) >= 11 is 0. The van der Waals surface area contributed by atoms with E-state index in [0.717, 1.165) is 12.0 Å². The smallest absolute Gasteiger partial charge is 0.255 e. The van der Waals surface area contributed by atoms with Gasteiger partial charge < -0.3 is 19.5 Å². The molecule has 0 aliphatic carbocycles. The predicted molar refractivity (Wildman–Crippen MR) is 97.3 cm³/mol. The van der Waals surface area contributed by atoms with Gasteiger partial charge in [-0.05, 0) is 24.1 Å². The average Bonchev–Trinajstić information content (AvgIpc) is 2.69. The van der Waals surface area contributed by atoms with Gasteiger partial charge in [-0.1, -0.05) is 43.3 Å². The van der Waals surface area contributed by atoms with Gasteiger partial charge in [0.25, 0.3) is 5.91 Å². The van der Waals surface area contributed by atoms with Gasteiger partial charge >= 0.3 is 0 Å². The van der Waals surface area contributed by atoms with Crippen LogP contribution in [0.2, 0.25) is 0 Å². The predicted octanol–water partition coefficient (Wildman–Crippen LogP) is 3.39. The quantitative estimate of drug-likeness (QED) is 0.798. The Kier molecular flexibility index (Phi) is 6.42. The van der Waals surface area contributed by atoms with Crippen molar-refractivity contribution >= 4 is 5.91 Å². The average molecular weight is 343 g/mol. The Morgan fingerprint density at radius 2 is 1.72 bits per heavy atom. The lowest BCUT2D eigenvalue weighted by Gasteiger charge is -2.32. The first-order valence-electron chi connectivity index (χ1n) is 8.21. The highest BCUT2D eigenvalue weighted by Crippen LogP contribution is 2.31. The molecule has 0 unspecified atom stereocenters. The van der Waals surface area contributed by atoms with Gasteiger partial charge in [0.05, 0.1) is 26.3 Å². The van der Waals surface area contributed by atoms with Crippen molar-refractivity contribution in [3.63, 3.8) is 0 Å². The van der Waals surface area contributed by atoms with Crippen LogP contribution in [0, 0.1) is 0 Å². The molecule has 1 amide bonds. The van der Waals surface area contributed by atoms with Crippen molar-refractivity contribution in [1.82, 2.24) is 5.32 Å². The van der Waals surface area contributed by atoms with Crippen LogP contribution in [0.3, 0.4) is 0 Å². The molecule has 0 heterocycles. The molecule has 0 fully saturated rings. The van der Waals surface area contributed by atoms with E-state index in [9.17, 15) is 4.79 Å². The van der Waals surface area contributed by atoms with Crippen LogP contribution in [0.4, 0.5) is 0 Å². The fourth-order valence-corrected chi connectivity index (χ4v) is 2.89. The number of hydrogen-bond donors (Lipinski definition) is 1. The summed E-state index contributed by atoms with van der Waals surface area (Å²) in [4.78, 5) is 12.7. The van der Waals surface area contributed by atoms with Gasteiger partial charge in [-0.3, -0.25) is 4.79 Å². The minimum Gasteiger partial charge on any atom is -0.493 e. The van der Waals surface area contributed by atoms with Crippen LogP contribution < -0.4 is 14.8 Å². The van der Waals surface area contributed by atoms with Crippen LogP contribution in [0.1, 0.15) is 29.3 Å². The molecule has 0 aliphatic rings. The molecular formula is C20H25NO4. The van der Waals surface area contributed by atoms with Crippen molar-refractivity contribution < 1.29 is 19.0 Å². The maximum absolute atomic E-state index is 12.7. The standard InChI is InChI=1S/C20H25NO4/c1-5-20(25-4,15-10-7-6-8-11-15)14-21-19(22)16-12-9-13-17(23-2)18(16)24-3/h6-13H,5,14H2,1-4H3,(H,21,22)/t20-/m1/s1. The molecule has 2 rings (SSSR count). The third kappa shape index (κ3) is 3.94. The lowest BCUT2D eigenvalue weighted by Crippen LogP contribution is -2.42. The number of amides is 1. The lowest BCUT2D eigenvalue weighted by atomic mass is 9.90. The van der Waals surface area contributed by atoms with Gasteiger partial charge in [-0.25, -0.2) is 0 Å². The van der Waals surface area contributed by atoms with Crippen molar-refractivity contribution in [2.75, 3.05) is 27.9 Å². The molecule has 0 spiro atoms. The summed E-state index contributed by atoms with van der Waals surface area (Å²) in [5.74, 6) is 0.704. The van der Waals surface area contributed by atoms with Crippen LogP contribution in [0.25, 0.3) is 0 Å². The molecule has 0 bridgehead atoms. The van der Waals surface area contributed by atoms with E-state index < -0.39 is 5.60 Å². The fraction of sp³-hybridized carbons (Fsp3) is 0.350. The molecule has 0 aromatic heterocycles. The molecule has 2 aromatic rings. The largest absolute Gasteiger partial charge is 0.493 e. The van der Waals surface area contributed by atoms with E-state index in [1.807, 2.05) is 37.3 Å². The highest BCUT2D eigenvalue weighted by molar-refractivity contribution is 5.97. The molecule has 2 aromatic carbocycles. The molecular weight excluding hydrogens is 318 g/mol. The number of methoxy groups -OCH3 is 3. The van der Waals surface area contributed by atoms with E-state index in [4.69, 9.17) is 14.2 Å². The second-order valence-electron chi connectivity index (χ2n) is 5.64. The Balaban J connectivity index is 2.23. The van der Waals surface area contributed by atoms with E-state index in [1.54, 1.807) is 32.4 Å². The van der Waals surface area contributed by atoms with Gasteiger partial charge in [-0.15, -0.1) is 0 Å². The van der Waals surface area contributed by atoms with E-state index in [1.165, 1.54) is 7.11 Å². The Morgan fingerprint density at radius 3 is 2.28 bits per heavy atom. The van der Waals surface area contributed by atoms with Crippen LogP contribution in [0.15, 0.2) is 48.5 Å². The zero-order valence-corrected chi connectivity index (χ0v) is 15.2. The van der Waals surface area contributed by atoms with E-state index in [0.29, 0.717) is 23.6 Å². The summed E-state index contributed by atoms with van der Waals surface area (Å²) < 4.78 is 16.4. The highest BCUT2D eigenvalue weighted by Gasteiger charge is 2.31. The van der Waals surface area contributed by atoms with Gasteiger partial charge in [0.1, 0.15) is 5.60 Å². The molecule has 1 N–H and O–H groups in total. The van der Waals surface area contributed by atoms with Crippen LogP contribution in [-0.4, -0.2) is 33.8 Å². The van der Waals surface area contributed by atoms with Crippen molar-refractivity contribution in [3.8, 4) is 11.5 Å². The maximum Gasteiger partial charge on any atom is 0.255 e. The summed E-state index contributed by atoms with van der Waals surface area (Å²) in [6.45, 7) is 2.39. The van der Waals surface area contributed by atoms with Crippen molar-refractivity contribution in [2.45, 2.75) is 18.9 Å². The van der Waals surface area contributed by atoms with Crippen LogP contribution in [-0.2, 0) is 10.3 Å². The first kappa shape index (κ1) is 18.8. The second-order valence-corrected chi connectivity index (χ2v) is 5.64. The third-order valence-electron chi connectivity index (χ3n) is 4.44. The van der Waals surface area contributed by atoms with Gasteiger partial charge in [0.2, 0.25) is 0 Å². The van der Waals surface area contributed by atoms with E-state index >= 15 is 0 Å². The number of ether oxygens (including phenoxy) is 3. The van der Waals surface area contributed by atoms with Crippen molar-refractivity contribution in [1.29, 1.82) is 0 Å². The van der Waals surface area contributed by atoms with E-state index in [2.05, 4.69) is 5.32 Å². The fourth-order valence-electron chi connectivity index (χ4n) is 2.89. The second kappa shape index (κ2) is 8.53. The first-order chi connectivity index (χ1) is 12.1. The highest BCUT2D eigenvalue weighted by atomic mass is 16.5. The topological polar surface area (TPSA) is 56.8 Å². The maximum atomic E-state index is 12.7. The summed E-state index contributed by atoms with van der Waals surface area (Å²) in [6, 6.07) is 15.1. The number of rotatable bonds is 8. The summed E-state index contributed by atoms with van der Waals surface area (Å²) in [5.41, 5.74) is 0.872. The van der Waals surface area contributed by atoms with Crippen LogP contribution >= 0.6 is 0 Å². The van der Waals surface area contributed by atoms with Gasteiger partial charge in [-0.2, -0.15) is 0 Å². The Hall–Kier alpha value is -2.53. The zero-order valence-electron chi connectivity index (χ0n) is 15.2. The summed E-state index contributed by atoms with van der Waals surface area (Å²) in [5, 5.41) is 2.97. The molecule has 25 heavy (non-hydrogen) atoms. The minimum absolute atomic E-state index is 0.235. The number of para-hydroxylation sites is 1. The number of carbonyl (C=O) groups is 1. The molecule has 1 atom stereocenters. The zero-order chi connectivity index (χ0) is 18.3. The number of benzene rings is 2. The molecule has 0 saturated carbocycles. The molecule has 5 nitrogen and oxygen atoms in total. The third-order valence-corrected chi connectivity index (χ3v) is 4.44. The summed E-state index contributed by atoms with van der Waals surface area (Å²) in [6.07, 6.45) is 0.725. The number of hydrogen-bond acceptors (Lipinski definition) is 4. The lowest BCUT2D eigenvalue weighted by molar-refractivity contribution is -0.0164. The monoisotopic (exact) mass is 343 g/mol. The molecule has 134 valence electrons. The van der Waals surface area contributed by atoms with Gasteiger partial charge in [0.15, 0.2) is 11.5 Å². The number of carbonyl (C=O) groups excluding carboxylic acids is 1. The normalized spacial score (nSPS) is 13.0. The Bertz CT molecular complexity index is 696.